The molecule has 1 heterocycles. The third-order valence-electron chi connectivity index (χ3n) is 4.89. The minimum absolute atomic E-state index is 0.0187. The van der Waals surface area contributed by atoms with Gasteiger partial charge in [-0.3, -0.25) is 4.79 Å². The summed E-state index contributed by atoms with van der Waals surface area (Å²) in [4.78, 5) is 26.0. The van der Waals surface area contributed by atoms with Crippen LogP contribution < -0.4 is 0 Å². The maximum atomic E-state index is 12.6. The Balaban J connectivity index is 1.96. The Labute approximate surface area is 150 Å². The number of hydrogen-bond donors (Lipinski definition) is 0. The van der Waals surface area contributed by atoms with Gasteiger partial charge in [-0.2, -0.15) is 0 Å². The minimum atomic E-state index is -0.520. The van der Waals surface area contributed by atoms with Gasteiger partial charge in [0.15, 0.2) is 0 Å². The van der Waals surface area contributed by atoms with Crippen molar-refractivity contribution in [2.45, 2.75) is 53.0 Å². The van der Waals surface area contributed by atoms with Gasteiger partial charge in [-0.05, 0) is 29.7 Å². The molecule has 0 bridgehead atoms. The van der Waals surface area contributed by atoms with E-state index in [0.717, 1.165) is 11.1 Å². The molecule has 1 aromatic carbocycles. The Kier molecular flexibility index (Phi) is 6.04. The van der Waals surface area contributed by atoms with Crippen LogP contribution in [0.25, 0.3) is 0 Å². The van der Waals surface area contributed by atoms with E-state index < -0.39 is 6.09 Å². The maximum Gasteiger partial charge on any atom is 0.416 e. The highest BCUT2D eigenvalue weighted by Crippen LogP contribution is 2.32. The van der Waals surface area contributed by atoms with Gasteiger partial charge in [0.05, 0.1) is 6.04 Å². The number of rotatable bonds is 6. The number of amides is 2. The molecule has 2 rings (SSSR count). The molecule has 2 atom stereocenters. The van der Waals surface area contributed by atoms with Gasteiger partial charge in [0, 0.05) is 6.42 Å². The molecule has 136 valence electrons. The molecule has 0 spiro atoms. The normalized spacial score (nSPS) is 18.8. The smallest absolute Gasteiger partial charge is 0.416 e. The summed E-state index contributed by atoms with van der Waals surface area (Å²) in [5.41, 5.74) is 2.24. The van der Waals surface area contributed by atoms with Crippen LogP contribution in [-0.2, 0) is 16.0 Å². The number of nitrogens with zero attached hydrogens (tertiary/aromatic N) is 1. The van der Waals surface area contributed by atoms with Gasteiger partial charge in [-0.15, -0.1) is 0 Å². The zero-order valence-corrected chi connectivity index (χ0v) is 15.7. The number of carbonyl (C=O) groups excluding carboxylic acids is 2. The van der Waals surface area contributed by atoms with Crippen LogP contribution in [0.3, 0.4) is 0 Å². The van der Waals surface area contributed by atoms with Crippen LogP contribution in [0.15, 0.2) is 42.5 Å². The summed E-state index contributed by atoms with van der Waals surface area (Å²) in [6.45, 7) is 12.9. The zero-order valence-electron chi connectivity index (χ0n) is 15.7. The van der Waals surface area contributed by atoms with E-state index in [4.69, 9.17) is 4.74 Å². The highest BCUT2D eigenvalue weighted by atomic mass is 16.6. The van der Waals surface area contributed by atoms with Gasteiger partial charge in [-0.25, -0.2) is 9.69 Å². The van der Waals surface area contributed by atoms with Crippen LogP contribution in [0, 0.1) is 11.3 Å². The average molecular weight is 343 g/mol. The van der Waals surface area contributed by atoms with Crippen LogP contribution >= 0.6 is 0 Å². The van der Waals surface area contributed by atoms with Gasteiger partial charge in [0.25, 0.3) is 0 Å². The molecule has 1 aromatic rings. The van der Waals surface area contributed by atoms with E-state index in [9.17, 15) is 9.59 Å². The van der Waals surface area contributed by atoms with E-state index in [1.807, 2.05) is 30.3 Å². The lowest BCUT2D eigenvalue weighted by Crippen LogP contribution is -2.40. The first kappa shape index (κ1) is 19.2. The van der Waals surface area contributed by atoms with Crippen LogP contribution in [0.1, 0.15) is 46.1 Å². The molecule has 0 aromatic heterocycles. The molecule has 1 fully saturated rings. The number of hydrogen-bond acceptors (Lipinski definition) is 3. The summed E-state index contributed by atoms with van der Waals surface area (Å²) in [7, 11) is 0. The second-order valence-electron chi connectivity index (χ2n) is 7.90. The first-order chi connectivity index (χ1) is 11.7. The van der Waals surface area contributed by atoms with E-state index in [1.54, 1.807) is 0 Å². The van der Waals surface area contributed by atoms with Crippen molar-refractivity contribution in [2.75, 3.05) is 6.61 Å². The number of ether oxygens (including phenoxy) is 1. The van der Waals surface area contributed by atoms with Crippen LogP contribution in [0.5, 0.6) is 0 Å². The predicted octanol–water partition coefficient (Wildman–Crippen LogP) is 4.60. The molecule has 0 N–H and O–H groups in total. The third-order valence-corrected chi connectivity index (χ3v) is 4.89. The molecule has 0 aliphatic carbocycles. The second-order valence-corrected chi connectivity index (χ2v) is 7.90. The number of cyclic esters (lactones) is 1. The molecule has 4 nitrogen and oxygen atoms in total. The quantitative estimate of drug-likeness (QED) is 0.710. The van der Waals surface area contributed by atoms with Crippen LogP contribution in [0.4, 0.5) is 4.79 Å². The number of carbonyl (C=O) groups is 2. The lowest BCUT2D eigenvalue weighted by atomic mass is 9.79. The number of allylic oxidation sites excluding steroid dienone is 1. The molecule has 4 heteroatoms. The van der Waals surface area contributed by atoms with E-state index in [-0.39, 0.29) is 29.9 Å². The molecule has 0 saturated carbocycles. The van der Waals surface area contributed by atoms with Crippen molar-refractivity contribution in [3.05, 3.63) is 48.0 Å². The summed E-state index contributed by atoms with van der Waals surface area (Å²) >= 11 is 0. The Morgan fingerprint density at radius 2 is 1.96 bits per heavy atom. The summed E-state index contributed by atoms with van der Waals surface area (Å²) in [6.07, 6.45) is 1.13. The molecule has 25 heavy (non-hydrogen) atoms. The third kappa shape index (κ3) is 4.94. The van der Waals surface area contributed by atoms with Gasteiger partial charge < -0.3 is 4.74 Å². The predicted molar refractivity (Wildman–Crippen MR) is 99.1 cm³/mol. The fraction of sp³-hybridized carbons (Fsp3) is 0.524. The molecule has 1 aliphatic heterocycles. The lowest BCUT2D eigenvalue weighted by molar-refractivity contribution is -0.129. The molecular weight excluding hydrogens is 314 g/mol. The first-order valence-corrected chi connectivity index (χ1v) is 8.92. The first-order valence-electron chi connectivity index (χ1n) is 8.92. The summed E-state index contributed by atoms with van der Waals surface area (Å²) in [6, 6.07) is 9.65. The van der Waals surface area contributed by atoms with Gasteiger partial charge >= 0.3 is 6.09 Å². The zero-order chi connectivity index (χ0) is 18.6. The Hall–Kier alpha value is -2.10. The number of imide groups is 1. The van der Waals surface area contributed by atoms with Gasteiger partial charge in [0.2, 0.25) is 5.91 Å². The van der Waals surface area contributed by atoms with Crippen molar-refractivity contribution in [1.29, 1.82) is 0 Å². The molecule has 1 aliphatic rings. The minimum Gasteiger partial charge on any atom is -0.447 e. The summed E-state index contributed by atoms with van der Waals surface area (Å²) < 4.78 is 5.13. The maximum absolute atomic E-state index is 12.6. The van der Waals surface area contributed by atoms with Crippen molar-refractivity contribution < 1.29 is 14.3 Å². The second kappa shape index (κ2) is 7.85. The number of benzene rings is 1. The van der Waals surface area contributed by atoms with Crippen molar-refractivity contribution in [3.8, 4) is 0 Å². The van der Waals surface area contributed by atoms with E-state index in [2.05, 4.69) is 34.3 Å². The van der Waals surface area contributed by atoms with Crippen molar-refractivity contribution in [1.82, 2.24) is 4.90 Å². The van der Waals surface area contributed by atoms with Crippen molar-refractivity contribution in [3.63, 3.8) is 0 Å². The van der Waals surface area contributed by atoms with Crippen molar-refractivity contribution >= 4 is 12.0 Å². The Morgan fingerprint density at radius 1 is 1.32 bits per heavy atom. The Bertz CT molecular complexity index is 630. The summed E-state index contributed by atoms with van der Waals surface area (Å²) in [5, 5.41) is 0. The molecule has 0 unspecified atom stereocenters. The van der Waals surface area contributed by atoms with Crippen LogP contribution in [0.2, 0.25) is 0 Å². The standard InChI is InChI=1S/C21H29NO3/c1-15(16(2)21(3,4)5)11-12-19(23)22-18(14-25-20(22)24)13-17-9-7-6-8-10-17/h6-10,15,18H,2,11-14H2,1,3-5H3/t15-,18-/m0/s1. The summed E-state index contributed by atoms with van der Waals surface area (Å²) in [5.74, 6) is 0.0761. The average Bonchev–Trinajstić information content (AvgIpc) is 2.92. The Morgan fingerprint density at radius 3 is 2.56 bits per heavy atom. The van der Waals surface area contributed by atoms with E-state index in [1.165, 1.54) is 4.90 Å². The SMILES string of the molecule is C=C([C@@H](C)CCC(=O)N1C(=O)OC[C@@H]1Cc1ccccc1)C(C)(C)C. The fourth-order valence-electron chi connectivity index (χ4n) is 3.18. The molecule has 1 saturated heterocycles. The van der Waals surface area contributed by atoms with Gasteiger partial charge in [-0.1, -0.05) is 70.2 Å². The molecular formula is C21H29NO3. The molecule has 0 radical (unpaired) electrons. The molecule has 2 amide bonds. The highest BCUT2D eigenvalue weighted by molar-refractivity contribution is 5.93. The fourth-order valence-corrected chi connectivity index (χ4v) is 3.18. The van der Waals surface area contributed by atoms with E-state index in [0.29, 0.717) is 19.3 Å². The lowest BCUT2D eigenvalue weighted by Gasteiger charge is -2.27. The van der Waals surface area contributed by atoms with Crippen molar-refractivity contribution in [2.24, 2.45) is 11.3 Å². The monoisotopic (exact) mass is 343 g/mol. The topological polar surface area (TPSA) is 46.6 Å². The largest absolute Gasteiger partial charge is 0.447 e. The highest BCUT2D eigenvalue weighted by Gasteiger charge is 2.37. The van der Waals surface area contributed by atoms with E-state index >= 15 is 0 Å². The van der Waals surface area contributed by atoms with Gasteiger partial charge in [0.1, 0.15) is 6.61 Å². The van der Waals surface area contributed by atoms with Crippen LogP contribution in [-0.4, -0.2) is 29.5 Å².